The first-order valence-corrected chi connectivity index (χ1v) is 3.94. The summed E-state index contributed by atoms with van der Waals surface area (Å²) in [5.74, 6) is -1.09. The Bertz CT molecular complexity index is 251. The van der Waals surface area contributed by atoms with E-state index in [4.69, 9.17) is 10.2 Å². The maximum atomic E-state index is 10.7. The van der Waals surface area contributed by atoms with E-state index in [1.807, 2.05) is 0 Å². The molecule has 2 atom stereocenters. The van der Waals surface area contributed by atoms with Crippen LogP contribution in [0.5, 0.6) is 0 Å². The molecule has 0 aromatic heterocycles. The third-order valence-corrected chi connectivity index (χ3v) is 2.21. The summed E-state index contributed by atoms with van der Waals surface area (Å²) in [5, 5.41) is 17.5. The molecule has 0 aromatic carbocycles. The molecule has 0 bridgehead atoms. The Kier molecular flexibility index (Phi) is 2.55. The minimum Gasteiger partial charge on any atom is -0.480 e. The summed E-state index contributed by atoms with van der Waals surface area (Å²) in [7, 11) is 0. The molecule has 1 saturated heterocycles. The summed E-state index contributed by atoms with van der Waals surface area (Å²) in [5.41, 5.74) is 0. The van der Waals surface area contributed by atoms with Gasteiger partial charge in [0.25, 0.3) is 0 Å². The van der Waals surface area contributed by atoms with E-state index in [2.05, 4.69) is 6.58 Å². The SMILES string of the molecule is C=CC1CCC(C(=O)O)N1C(=O)O. The summed E-state index contributed by atoms with van der Waals surface area (Å²) in [4.78, 5) is 22.3. The maximum absolute atomic E-state index is 10.7. The van der Waals surface area contributed by atoms with E-state index in [1.165, 1.54) is 6.08 Å². The number of carboxylic acid groups (broad SMARTS) is 2. The van der Waals surface area contributed by atoms with Gasteiger partial charge in [-0.05, 0) is 12.8 Å². The number of aliphatic carboxylic acids is 1. The van der Waals surface area contributed by atoms with E-state index in [9.17, 15) is 9.59 Å². The molecule has 5 heteroatoms. The highest BCUT2D eigenvalue weighted by Crippen LogP contribution is 2.24. The summed E-state index contributed by atoms with van der Waals surface area (Å²) in [6.07, 6.45) is 1.16. The van der Waals surface area contributed by atoms with E-state index in [0.717, 1.165) is 4.90 Å². The average Bonchev–Trinajstić information content (AvgIpc) is 2.46. The second kappa shape index (κ2) is 3.47. The van der Waals surface area contributed by atoms with Crippen molar-refractivity contribution in [1.82, 2.24) is 4.90 Å². The fourth-order valence-electron chi connectivity index (χ4n) is 1.59. The van der Waals surface area contributed by atoms with E-state index < -0.39 is 18.1 Å². The van der Waals surface area contributed by atoms with E-state index in [0.29, 0.717) is 12.8 Å². The molecule has 72 valence electrons. The Morgan fingerprint density at radius 3 is 2.38 bits per heavy atom. The smallest absolute Gasteiger partial charge is 0.408 e. The quantitative estimate of drug-likeness (QED) is 0.623. The summed E-state index contributed by atoms with van der Waals surface area (Å²) >= 11 is 0. The van der Waals surface area contributed by atoms with Gasteiger partial charge in [-0.3, -0.25) is 4.90 Å². The second-order valence-corrected chi connectivity index (χ2v) is 2.92. The zero-order chi connectivity index (χ0) is 10.0. The third-order valence-electron chi connectivity index (χ3n) is 2.21. The maximum Gasteiger partial charge on any atom is 0.408 e. The Morgan fingerprint density at radius 2 is 2.00 bits per heavy atom. The van der Waals surface area contributed by atoms with Crippen molar-refractivity contribution in [3.8, 4) is 0 Å². The molecule has 1 heterocycles. The molecule has 1 aliphatic heterocycles. The molecule has 1 amide bonds. The van der Waals surface area contributed by atoms with Crippen LogP contribution in [-0.2, 0) is 4.79 Å². The van der Waals surface area contributed by atoms with Crippen molar-refractivity contribution < 1.29 is 19.8 Å². The first-order valence-electron chi connectivity index (χ1n) is 3.94. The second-order valence-electron chi connectivity index (χ2n) is 2.92. The van der Waals surface area contributed by atoms with E-state index in [1.54, 1.807) is 0 Å². The minimum atomic E-state index is -1.20. The molecule has 2 N–H and O–H groups in total. The first kappa shape index (κ1) is 9.57. The molecule has 0 spiro atoms. The molecule has 0 aromatic rings. The summed E-state index contributed by atoms with van der Waals surface area (Å²) < 4.78 is 0. The molecular formula is C8H11NO4. The van der Waals surface area contributed by atoms with Crippen molar-refractivity contribution >= 4 is 12.1 Å². The van der Waals surface area contributed by atoms with Crippen molar-refractivity contribution in [2.24, 2.45) is 0 Å². The average molecular weight is 185 g/mol. The Labute approximate surface area is 75.3 Å². The molecule has 1 aliphatic rings. The Hall–Kier alpha value is -1.52. The van der Waals surface area contributed by atoms with Crippen LogP contribution in [0.15, 0.2) is 12.7 Å². The molecule has 0 saturated carbocycles. The lowest BCUT2D eigenvalue weighted by Gasteiger charge is -2.22. The van der Waals surface area contributed by atoms with Gasteiger partial charge >= 0.3 is 12.1 Å². The highest BCUT2D eigenvalue weighted by molar-refractivity contribution is 5.80. The van der Waals surface area contributed by atoms with Crippen molar-refractivity contribution in [1.29, 1.82) is 0 Å². The number of hydrogen-bond donors (Lipinski definition) is 2. The number of nitrogens with zero attached hydrogens (tertiary/aromatic N) is 1. The lowest BCUT2D eigenvalue weighted by atomic mass is 10.2. The van der Waals surface area contributed by atoms with Crippen LogP contribution in [0.25, 0.3) is 0 Å². The largest absolute Gasteiger partial charge is 0.480 e. The fraction of sp³-hybridized carbons (Fsp3) is 0.500. The van der Waals surface area contributed by atoms with Crippen LogP contribution in [0.2, 0.25) is 0 Å². The van der Waals surface area contributed by atoms with Crippen LogP contribution in [0, 0.1) is 0 Å². The molecule has 1 fully saturated rings. The standard InChI is InChI=1S/C8H11NO4/c1-2-5-3-4-6(7(10)11)9(5)8(12)13/h2,5-6H,1,3-4H2,(H,10,11)(H,12,13). The fourth-order valence-corrected chi connectivity index (χ4v) is 1.59. The van der Waals surface area contributed by atoms with Crippen LogP contribution in [0.3, 0.4) is 0 Å². The van der Waals surface area contributed by atoms with E-state index >= 15 is 0 Å². The molecule has 13 heavy (non-hydrogen) atoms. The number of rotatable bonds is 2. The van der Waals surface area contributed by atoms with Gasteiger partial charge in [-0.2, -0.15) is 0 Å². The normalized spacial score (nSPS) is 27.2. The lowest BCUT2D eigenvalue weighted by molar-refractivity contribution is -0.141. The van der Waals surface area contributed by atoms with Gasteiger partial charge in [-0.1, -0.05) is 6.08 Å². The minimum absolute atomic E-state index is 0.359. The number of carboxylic acids is 1. The van der Waals surface area contributed by atoms with Gasteiger partial charge in [0, 0.05) is 0 Å². The van der Waals surface area contributed by atoms with Gasteiger partial charge in [0.05, 0.1) is 6.04 Å². The van der Waals surface area contributed by atoms with Gasteiger partial charge in [0.2, 0.25) is 0 Å². The van der Waals surface area contributed by atoms with Crippen LogP contribution in [-0.4, -0.2) is 39.3 Å². The van der Waals surface area contributed by atoms with Crippen LogP contribution < -0.4 is 0 Å². The highest BCUT2D eigenvalue weighted by atomic mass is 16.4. The number of carbonyl (C=O) groups is 2. The molecule has 0 aliphatic carbocycles. The molecule has 2 unspecified atom stereocenters. The predicted molar refractivity (Wildman–Crippen MR) is 44.5 cm³/mol. The number of hydrogen-bond acceptors (Lipinski definition) is 2. The van der Waals surface area contributed by atoms with Gasteiger partial charge in [0.1, 0.15) is 6.04 Å². The van der Waals surface area contributed by atoms with Crippen molar-refractivity contribution in [2.45, 2.75) is 24.9 Å². The van der Waals surface area contributed by atoms with Crippen molar-refractivity contribution in [3.05, 3.63) is 12.7 Å². The lowest BCUT2D eigenvalue weighted by Crippen LogP contribution is -2.43. The number of likely N-dealkylation sites (tertiary alicyclic amines) is 1. The third kappa shape index (κ3) is 1.63. The van der Waals surface area contributed by atoms with Crippen molar-refractivity contribution in [2.75, 3.05) is 0 Å². The van der Waals surface area contributed by atoms with Gasteiger partial charge < -0.3 is 10.2 Å². The molecular weight excluding hydrogens is 174 g/mol. The number of amides is 1. The predicted octanol–water partition coefficient (Wildman–Crippen LogP) is 0.768. The molecule has 0 radical (unpaired) electrons. The van der Waals surface area contributed by atoms with Crippen LogP contribution >= 0.6 is 0 Å². The van der Waals surface area contributed by atoms with Crippen LogP contribution in [0.4, 0.5) is 4.79 Å². The zero-order valence-electron chi connectivity index (χ0n) is 7.01. The Balaban J connectivity index is 2.84. The highest BCUT2D eigenvalue weighted by Gasteiger charge is 2.39. The van der Waals surface area contributed by atoms with Crippen LogP contribution in [0.1, 0.15) is 12.8 Å². The topological polar surface area (TPSA) is 77.8 Å². The molecule has 1 rings (SSSR count). The van der Waals surface area contributed by atoms with Gasteiger partial charge in [0.15, 0.2) is 0 Å². The zero-order valence-corrected chi connectivity index (χ0v) is 7.01. The summed E-state index contributed by atoms with van der Waals surface area (Å²) in [6.45, 7) is 3.47. The summed E-state index contributed by atoms with van der Waals surface area (Å²) in [6, 6.07) is -1.28. The van der Waals surface area contributed by atoms with Gasteiger partial charge in [-0.25, -0.2) is 9.59 Å². The van der Waals surface area contributed by atoms with Crippen molar-refractivity contribution in [3.63, 3.8) is 0 Å². The molecule has 5 nitrogen and oxygen atoms in total. The van der Waals surface area contributed by atoms with Gasteiger partial charge in [-0.15, -0.1) is 6.58 Å². The first-order chi connectivity index (χ1) is 6.07. The Morgan fingerprint density at radius 1 is 1.38 bits per heavy atom. The monoisotopic (exact) mass is 185 g/mol. The van der Waals surface area contributed by atoms with E-state index in [-0.39, 0.29) is 6.04 Å².